The van der Waals surface area contributed by atoms with Crippen LogP contribution in [0.3, 0.4) is 0 Å². The zero-order valence-electron chi connectivity index (χ0n) is 7.96. The molecule has 0 amide bonds. The third-order valence-corrected chi connectivity index (χ3v) is 3.26. The standard InChI is InChI=1S/C9H15ClN2S/c1-12(2)6-7(5-11)8-3-4-9(10)13-8/h3-4,7H,5-6,11H2,1-2H3. The molecule has 0 fully saturated rings. The lowest BCUT2D eigenvalue weighted by Gasteiger charge is -2.17. The average molecular weight is 219 g/mol. The molecule has 0 saturated carbocycles. The van der Waals surface area contributed by atoms with Gasteiger partial charge in [-0.3, -0.25) is 0 Å². The molecule has 2 N–H and O–H groups in total. The van der Waals surface area contributed by atoms with Crippen LogP contribution in [-0.4, -0.2) is 32.1 Å². The van der Waals surface area contributed by atoms with E-state index in [0.717, 1.165) is 10.9 Å². The number of nitrogens with zero attached hydrogens (tertiary/aromatic N) is 1. The van der Waals surface area contributed by atoms with Gasteiger partial charge in [0.25, 0.3) is 0 Å². The van der Waals surface area contributed by atoms with Crippen LogP contribution in [0.2, 0.25) is 4.34 Å². The van der Waals surface area contributed by atoms with E-state index in [0.29, 0.717) is 12.5 Å². The number of halogens is 1. The second kappa shape index (κ2) is 4.96. The van der Waals surface area contributed by atoms with Gasteiger partial charge in [-0.15, -0.1) is 11.3 Å². The van der Waals surface area contributed by atoms with E-state index in [1.165, 1.54) is 4.88 Å². The summed E-state index contributed by atoms with van der Waals surface area (Å²) in [7, 11) is 4.11. The average Bonchev–Trinajstić information content (AvgIpc) is 2.47. The molecule has 1 atom stereocenters. The van der Waals surface area contributed by atoms with Crippen molar-refractivity contribution in [1.82, 2.24) is 4.90 Å². The van der Waals surface area contributed by atoms with Crippen molar-refractivity contribution in [3.05, 3.63) is 21.3 Å². The molecular formula is C9H15ClN2S. The van der Waals surface area contributed by atoms with Gasteiger partial charge in [0.1, 0.15) is 0 Å². The van der Waals surface area contributed by atoms with Gasteiger partial charge in [0.05, 0.1) is 4.34 Å². The Hall–Kier alpha value is -0.0900. The van der Waals surface area contributed by atoms with Crippen LogP contribution in [0.15, 0.2) is 12.1 Å². The molecule has 0 spiro atoms. The minimum Gasteiger partial charge on any atom is -0.330 e. The van der Waals surface area contributed by atoms with Gasteiger partial charge in [0.2, 0.25) is 0 Å². The van der Waals surface area contributed by atoms with Crippen molar-refractivity contribution in [3.8, 4) is 0 Å². The van der Waals surface area contributed by atoms with Crippen molar-refractivity contribution in [3.63, 3.8) is 0 Å². The van der Waals surface area contributed by atoms with Crippen molar-refractivity contribution in [2.75, 3.05) is 27.2 Å². The highest BCUT2D eigenvalue weighted by atomic mass is 35.5. The molecule has 13 heavy (non-hydrogen) atoms. The van der Waals surface area contributed by atoms with Crippen LogP contribution in [0.4, 0.5) is 0 Å². The lowest BCUT2D eigenvalue weighted by atomic mass is 10.1. The molecule has 1 aromatic rings. The lowest BCUT2D eigenvalue weighted by Crippen LogP contribution is -2.25. The molecule has 0 aromatic carbocycles. The zero-order chi connectivity index (χ0) is 9.84. The summed E-state index contributed by atoms with van der Waals surface area (Å²) < 4.78 is 0.840. The molecule has 0 aliphatic carbocycles. The van der Waals surface area contributed by atoms with Gasteiger partial charge in [-0.05, 0) is 26.2 Å². The van der Waals surface area contributed by atoms with Gasteiger partial charge >= 0.3 is 0 Å². The summed E-state index contributed by atoms with van der Waals surface area (Å²) in [5.41, 5.74) is 5.70. The van der Waals surface area contributed by atoms with Gasteiger partial charge < -0.3 is 10.6 Å². The van der Waals surface area contributed by atoms with E-state index in [-0.39, 0.29) is 0 Å². The molecule has 0 bridgehead atoms. The maximum atomic E-state index is 5.86. The second-order valence-corrected chi connectivity index (χ2v) is 5.08. The second-order valence-electron chi connectivity index (χ2n) is 3.34. The van der Waals surface area contributed by atoms with Crippen LogP contribution in [0, 0.1) is 0 Å². The summed E-state index contributed by atoms with van der Waals surface area (Å²) in [4.78, 5) is 3.42. The van der Waals surface area contributed by atoms with Crippen LogP contribution in [0.1, 0.15) is 10.8 Å². The summed E-state index contributed by atoms with van der Waals surface area (Å²) in [6.07, 6.45) is 0. The molecule has 2 nitrogen and oxygen atoms in total. The van der Waals surface area contributed by atoms with Crippen LogP contribution in [0.25, 0.3) is 0 Å². The molecule has 1 aromatic heterocycles. The highest BCUT2D eigenvalue weighted by Crippen LogP contribution is 2.27. The number of likely N-dealkylation sites (N-methyl/N-ethyl adjacent to an activating group) is 1. The predicted octanol–water partition coefficient (Wildman–Crippen LogP) is 2.01. The summed E-state index contributed by atoms with van der Waals surface area (Å²) in [6.45, 7) is 1.66. The van der Waals surface area contributed by atoms with Crippen LogP contribution in [0.5, 0.6) is 0 Å². The topological polar surface area (TPSA) is 29.3 Å². The number of hydrogen-bond donors (Lipinski definition) is 1. The first-order valence-electron chi connectivity index (χ1n) is 4.23. The Labute approximate surface area is 88.3 Å². The van der Waals surface area contributed by atoms with Crippen molar-refractivity contribution in [1.29, 1.82) is 0 Å². The van der Waals surface area contributed by atoms with Gasteiger partial charge in [-0.1, -0.05) is 11.6 Å². The van der Waals surface area contributed by atoms with Gasteiger partial charge in [0.15, 0.2) is 0 Å². The van der Waals surface area contributed by atoms with E-state index < -0.39 is 0 Å². The summed E-state index contributed by atoms with van der Waals surface area (Å²) >= 11 is 7.48. The molecule has 0 aliphatic heterocycles. The number of hydrogen-bond acceptors (Lipinski definition) is 3. The van der Waals surface area contributed by atoms with E-state index in [1.807, 2.05) is 6.07 Å². The Morgan fingerprint density at radius 3 is 2.62 bits per heavy atom. The molecule has 1 rings (SSSR count). The molecule has 4 heteroatoms. The normalized spacial score (nSPS) is 13.6. The van der Waals surface area contributed by atoms with Crippen molar-refractivity contribution < 1.29 is 0 Å². The van der Waals surface area contributed by atoms with Crippen molar-refractivity contribution in [2.45, 2.75) is 5.92 Å². The first-order valence-corrected chi connectivity index (χ1v) is 5.43. The maximum absolute atomic E-state index is 5.86. The molecule has 0 saturated heterocycles. The number of nitrogens with two attached hydrogens (primary N) is 1. The largest absolute Gasteiger partial charge is 0.330 e. The highest BCUT2D eigenvalue weighted by molar-refractivity contribution is 7.16. The fraction of sp³-hybridized carbons (Fsp3) is 0.556. The van der Waals surface area contributed by atoms with E-state index in [9.17, 15) is 0 Å². The summed E-state index contributed by atoms with van der Waals surface area (Å²) in [5, 5.41) is 0. The molecule has 0 aliphatic rings. The first kappa shape index (κ1) is 11.0. The molecular weight excluding hydrogens is 204 g/mol. The minimum atomic E-state index is 0.410. The predicted molar refractivity (Wildman–Crippen MR) is 59.7 cm³/mol. The Bertz CT molecular complexity index is 260. The fourth-order valence-corrected chi connectivity index (χ4v) is 2.43. The van der Waals surface area contributed by atoms with Crippen LogP contribution < -0.4 is 5.73 Å². The minimum absolute atomic E-state index is 0.410. The quantitative estimate of drug-likeness (QED) is 0.838. The van der Waals surface area contributed by atoms with Gasteiger partial charge in [-0.2, -0.15) is 0 Å². The third kappa shape index (κ3) is 3.27. The monoisotopic (exact) mass is 218 g/mol. The van der Waals surface area contributed by atoms with Crippen LogP contribution in [-0.2, 0) is 0 Å². The molecule has 74 valence electrons. The molecule has 1 unspecified atom stereocenters. The summed E-state index contributed by atoms with van der Waals surface area (Å²) in [5.74, 6) is 0.410. The van der Waals surface area contributed by atoms with Gasteiger partial charge in [0, 0.05) is 23.9 Å². The Morgan fingerprint density at radius 1 is 1.54 bits per heavy atom. The fourth-order valence-electron chi connectivity index (χ4n) is 1.27. The van der Waals surface area contributed by atoms with Crippen molar-refractivity contribution in [2.24, 2.45) is 5.73 Å². The summed E-state index contributed by atoms with van der Waals surface area (Å²) in [6, 6.07) is 3.99. The van der Waals surface area contributed by atoms with Crippen LogP contribution >= 0.6 is 22.9 Å². The van der Waals surface area contributed by atoms with Gasteiger partial charge in [-0.25, -0.2) is 0 Å². The third-order valence-electron chi connectivity index (χ3n) is 1.87. The highest BCUT2D eigenvalue weighted by Gasteiger charge is 2.12. The molecule has 1 heterocycles. The molecule has 0 radical (unpaired) electrons. The van der Waals surface area contributed by atoms with E-state index in [4.69, 9.17) is 17.3 Å². The van der Waals surface area contributed by atoms with E-state index >= 15 is 0 Å². The van der Waals surface area contributed by atoms with Crippen molar-refractivity contribution >= 4 is 22.9 Å². The first-order chi connectivity index (χ1) is 6.13. The Morgan fingerprint density at radius 2 is 2.23 bits per heavy atom. The number of thiophene rings is 1. The van der Waals surface area contributed by atoms with E-state index in [2.05, 4.69) is 25.1 Å². The smallest absolute Gasteiger partial charge is 0.0931 e. The van der Waals surface area contributed by atoms with E-state index in [1.54, 1.807) is 11.3 Å². The maximum Gasteiger partial charge on any atom is 0.0931 e. The zero-order valence-corrected chi connectivity index (χ0v) is 9.53. The Kier molecular flexibility index (Phi) is 4.19. The SMILES string of the molecule is CN(C)CC(CN)c1ccc(Cl)s1. The lowest BCUT2D eigenvalue weighted by molar-refractivity contribution is 0.377. The number of rotatable bonds is 4. The Balaban J connectivity index is 2.66.